The fourth-order valence-electron chi connectivity index (χ4n) is 2.82. The van der Waals surface area contributed by atoms with Gasteiger partial charge in [0.2, 0.25) is 0 Å². The number of nitrogens with zero attached hydrogens (tertiary/aromatic N) is 2. The molecule has 1 aromatic rings. The second-order valence-corrected chi connectivity index (χ2v) is 5.76. The first-order valence-corrected chi connectivity index (χ1v) is 7.61. The quantitative estimate of drug-likeness (QED) is 0.700. The third-order valence-electron chi connectivity index (χ3n) is 3.95. The molecule has 0 amide bonds. The summed E-state index contributed by atoms with van der Waals surface area (Å²) in [5.41, 5.74) is 5.30. The summed E-state index contributed by atoms with van der Waals surface area (Å²) in [4.78, 5) is 28.2. The summed E-state index contributed by atoms with van der Waals surface area (Å²) in [5, 5.41) is 3.10. The zero-order chi connectivity index (χ0) is 15.4. The molecule has 1 saturated heterocycles. The van der Waals surface area contributed by atoms with Crippen molar-refractivity contribution >= 4 is 11.5 Å². The van der Waals surface area contributed by atoms with E-state index in [0.717, 1.165) is 19.6 Å². The Kier molecular flexibility index (Phi) is 5.06. The Balaban J connectivity index is 2.02. The number of aromatic nitrogens is 2. The molecule has 7 nitrogen and oxygen atoms in total. The van der Waals surface area contributed by atoms with Gasteiger partial charge in [0.15, 0.2) is 0 Å². The molecule has 1 fully saturated rings. The number of nitrogen functional groups attached to an aromatic ring is 1. The monoisotopic (exact) mass is 295 g/mol. The van der Waals surface area contributed by atoms with E-state index in [2.05, 4.69) is 22.1 Å². The Labute approximate surface area is 124 Å². The highest BCUT2D eigenvalue weighted by atomic mass is 16.2. The van der Waals surface area contributed by atoms with Crippen LogP contribution in [-0.2, 0) is 6.54 Å². The lowest BCUT2D eigenvalue weighted by Gasteiger charge is -2.21. The first kappa shape index (κ1) is 15.6. The molecule has 0 spiro atoms. The van der Waals surface area contributed by atoms with Crippen molar-refractivity contribution in [2.24, 2.45) is 5.92 Å². The molecule has 118 valence electrons. The molecular formula is C14H25N5O2. The summed E-state index contributed by atoms with van der Waals surface area (Å²) in [6, 6.07) is 0. The van der Waals surface area contributed by atoms with E-state index in [1.807, 2.05) is 6.92 Å². The number of aromatic amines is 1. The van der Waals surface area contributed by atoms with Crippen LogP contribution in [0.4, 0.5) is 11.5 Å². The van der Waals surface area contributed by atoms with Gasteiger partial charge in [0, 0.05) is 19.6 Å². The summed E-state index contributed by atoms with van der Waals surface area (Å²) in [6.45, 7) is 8.38. The van der Waals surface area contributed by atoms with E-state index in [9.17, 15) is 9.59 Å². The maximum atomic E-state index is 11.9. The highest BCUT2D eigenvalue weighted by Crippen LogP contribution is 2.13. The van der Waals surface area contributed by atoms with E-state index in [1.165, 1.54) is 17.4 Å². The highest BCUT2D eigenvalue weighted by molar-refractivity contribution is 5.60. The Morgan fingerprint density at radius 2 is 2.00 bits per heavy atom. The van der Waals surface area contributed by atoms with Gasteiger partial charge in [0.05, 0.1) is 0 Å². The average molecular weight is 295 g/mol. The predicted octanol–water partition coefficient (Wildman–Crippen LogP) is 0.283. The fourth-order valence-corrected chi connectivity index (χ4v) is 2.82. The molecule has 0 aromatic carbocycles. The van der Waals surface area contributed by atoms with Crippen LogP contribution in [0, 0.1) is 5.92 Å². The minimum atomic E-state index is -0.462. The molecule has 0 aliphatic carbocycles. The summed E-state index contributed by atoms with van der Waals surface area (Å²) in [7, 11) is 0. The van der Waals surface area contributed by atoms with E-state index >= 15 is 0 Å². The third-order valence-corrected chi connectivity index (χ3v) is 3.95. The molecule has 0 radical (unpaired) electrons. The van der Waals surface area contributed by atoms with E-state index < -0.39 is 11.2 Å². The fraction of sp³-hybridized carbons (Fsp3) is 0.714. The second-order valence-electron chi connectivity index (χ2n) is 5.76. The van der Waals surface area contributed by atoms with Gasteiger partial charge < -0.3 is 16.0 Å². The second kappa shape index (κ2) is 6.80. The van der Waals surface area contributed by atoms with Gasteiger partial charge in [-0.25, -0.2) is 4.79 Å². The van der Waals surface area contributed by atoms with Crippen molar-refractivity contribution in [3.05, 3.63) is 20.8 Å². The summed E-state index contributed by atoms with van der Waals surface area (Å²) < 4.78 is 1.36. The van der Waals surface area contributed by atoms with Gasteiger partial charge in [0.25, 0.3) is 5.56 Å². The number of likely N-dealkylation sites (tertiary alicyclic amines) is 1. The summed E-state index contributed by atoms with van der Waals surface area (Å²) in [5.74, 6) is 0.614. The van der Waals surface area contributed by atoms with Crippen molar-refractivity contribution < 1.29 is 0 Å². The summed E-state index contributed by atoms with van der Waals surface area (Å²) in [6.07, 6.45) is 2.54. The Bertz CT molecular complexity index is 586. The summed E-state index contributed by atoms with van der Waals surface area (Å²) >= 11 is 0. The van der Waals surface area contributed by atoms with E-state index in [0.29, 0.717) is 24.7 Å². The van der Waals surface area contributed by atoms with Crippen LogP contribution >= 0.6 is 0 Å². The van der Waals surface area contributed by atoms with Crippen molar-refractivity contribution in [3.63, 3.8) is 0 Å². The first-order chi connectivity index (χ1) is 10.0. The Morgan fingerprint density at radius 3 is 2.62 bits per heavy atom. The van der Waals surface area contributed by atoms with Gasteiger partial charge in [-0.2, -0.15) is 0 Å². The lowest BCUT2D eigenvalue weighted by atomic mass is 10.1. The van der Waals surface area contributed by atoms with Crippen LogP contribution in [0.1, 0.15) is 26.7 Å². The molecule has 2 rings (SSSR count). The van der Waals surface area contributed by atoms with Gasteiger partial charge >= 0.3 is 5.69 Å². The minimum absolute atomic E-state index is 0.208. The number of hydrogen-bond acceptors (Lipinski definition) is 5. The van der Waals surface area contributed by atoms with Gasteiger partial charge in [0.1, 0.15) is 11.5 Å². The highest BCUT2D eigenvalue weighted by Gasteiger charge is 2.16. The van der Waals surface area contributed by atoms with Gasteiger partial charge in [-0.3, -0.25) is 14.3 Å². The zero-order valence-electron chi connectivity index (χ0n) is 12.8. The maximum Gasteiger partial charge on any atom is 0.330 e. The molecule has 1 atom stereocenters. The number of rotatable bonds is 6. The van der Waals surface area contributed by atoms with Gasteiger partial charge in [-0.05, 0) is 38.8 Å². The van der Waals surface area contributed by atoms with Crippen LogP contribution in [-0.4, -0.2) is 40.6 Å². The molecule has 1 aliphatic heterocycles. The number of anilines is 2. The van der Waals surface area contributed by atoms with Crippen LogP contribution in [0.15, 0.2) is 9.59 Å². The van der Waals surface area contributed by atoms with E-state index in [1.54, 1.807) is 0 Å². The van der Waals surface area contributed by atoms with Crippen LogP contribution in [0.3, 0.4) is 0 Å². The standard InChI is InChI=1S/C14H25N5O2/c1-3-19-12(15)11(13(20)17-14(19)21)16-8-10(2)9-18-6-4-5-7-18/h10,16H,3-9,15H2,1-2H3,(H,17,20,21). The molecule has 2 heterocycles. The number of nitrogens with one attached hydrogen (secondary N) is 2. The topological polar surface area (TPSA) is 96.2 Å². The zero-order valence-corrected chi connectivity index (χ0v) is 12.8. The molecule has 1 unspecified atom stereocenters. The first-order valence-electron chi connectivity index (χ1n) is 7.61. The van der Waals surface area contributed by atoms with Crippen LogP contribution < -0.4 is 22.3 Å². The van der Waals surface area contributed by atoms with E-state index in [-0.39, 0.29) is 5.82 Å². The van der Waals surface area contributed by atoms with Crippen molar-refractivity contribution in [1.82, 2.24) is 14.5 Å². The molecule has 1 aromatic heterocycles. The molecule has 21 heavy (non-hydrogen) atoms. The average Bonchev–Trinajstić information content (AvgIpc) is 2.91. The molecule has 0 saturated carbocycles. The smallest absolute Gasteiger partial charge is 0.330 e. The van der Waals surface area contributed by atoms with Crippen molar-refractivity contribution in [1.29, 1.82) is 0 Å². The number of H-pyrrole nitrogens is 1. The third kappa shape index (κ3) is 3.66. The molecule has 1 aliphatic rings. The Morgan fingerprint density at radius 1 is 1.33 bits per heavy atom. The number of hydrogen-bond donors (Lipinski definition) is 3. The minimum Gasteiger partial charge on any atom is -0.383 e. The molecule has 0 bridgehead atoms. The van der Waals surface area contributed by atoms with Crippen molar-refractivity contribution in [3.8, 4) is 0 Å². The number of nitrogens with two attached hydrogens (primary N) is 1. The molecule has 7 heteroatoms. The van der Waals surface area contributed by atoms with Gasteiger partial charge in [-0.15, -0.1) is 0 Å². The van der Waals surface area contributed by atoms with Crippen LogP contribution in [0.2, 0.25) is 0 Å². The normalized spacial score (nSPS) is 17.0. The van der Waals surface area contributed by atoms with Crippen LogP contribution in [0.25, 0.3) is 0 Å². The Hall–Kier alpha value is -1.76. The van der Waals surface area contributed by atoms with Gasteiger partial charge in [-0.1, -0.05) is 6.92 Å². The maximum absolute atomic E-state index is 11.9. The largest absolute Gasteiger partial charge is 0.383 e. The van der Waals surface area contributed by atoms with Crippen LogP contribution in [0.5, 0.6) is 0 Å². The van der Waals surface area contributed by atoms with Crippen molar-refractivity contribution in [2.75, 3.05) is 37.2 Å². The SMILES string of the molecule is CCn1c(N)c(NCC(C)CN2CCCC2)c(=O)[nH]c1=O. The molecular weight excluding hydrogens is 270 g/mol. The lowest BCUT2D eigenvalue weighted by molar-refractivity contribution is 0.294. The molecule has 4 N–H and O–H groups in total. The van der Waals surface area contributed by atoms with E-state index in [4.69, 9.17) is 5.73 Å². The predicted molar refractivity (Wildman–Crippen MR) is 84.7 cm³/mol. The van der Waals surface area contributed by atoms with Crippen molar-refractivity contribution in [2.45, 2.75) is 33.2 Å². The lowest BCUT2D eigenvalue weighted by Crippen LogP contribution is -2.35.